The van der Waals surface area contributed by atoms with E-state index < -0.39 is 24.7 Å². The number of amides is 1. The van der Waals surface area contributed by atoms with Gasteiger partial charge in [-0.15, -0.1) is 0 Å². The van der Waals surface area contributed by atoms with Gasteiger partial charge in [-0.25, -0.2) is 4.98 Å². The first-order chi connectivity index (χ1) is 14.9. The number of aromatic nitrogens is 2. The molecule has 0 bridgehead atoms. The zero-order chi connectivity index (χ0) is 22.1. The number of imidazole rings is 1. The number of carbonyl (C=O) groups excluding carboxylic acids is 2. The van der Waals surface area contributed by atoms with Crippen LogP contribution in [0.5, 0.6) is 5.75 Å². The van der Waals surface area contributed by atoms with Crippen LogP contribution in [0, 0.1) is 0 Å². The molecule has 0 aliphatic carbocycles. The maximum atomic E-state index is 13.6. The molecule has 2 unspecified atom stereocenters. The average molecular weight is 429 g/mol. The molecule has 4 rings (SSSR count). The molecular formula is C22H21F2N3O4. The highest BCUT2D eigenvalue weighted by Crippen LogP contribution is 2.34. The van der Waals surface area contributed by atoms with E-state index in [1.54, 1.807) is 49.4 Å². The highest BCUT2D eigenvalue weighted by atomic mass is 19.3. The van der Waals surface area contributed by atoms with E-state index in [9.17, 15) is 18.4 Å². The summed E-state index contributed by atoms with van der Waals surface area (Å²) in [5, 5.41) is 0. The van der Waals surface area contributed by atoms with E-state index in [2.05, 4.69) is 4.98 Å². The number of anilines is 1. The molecule has 1 aliphatic rings. The summed E-state index contributed by atoms with van der Waals surface area (Å²) < 4.78 is 39.0. The fourth-order valence-electron chi connectivity index (χ4n) is 3.66. The van der Waals surface area contributed by atoms with Gasteiger partial charge in [0.15, 0.2) is 18.0 Å². The molecule has 9 heteroatoms. The lowest BCUT2D eigenvalue weighted by Crippen LogP contribution is -2.45. The summed E-state index contributed by atoms with van der Waals surface area (Å²) in [7, 11) is 0. The number of rotatable bonds is 6. The van der Waals surface area contributed by atoms with E-state index >= 15 is 0 Å². The minimum absolute atomic E-state index is 0.0361. The summed E-state index contributed by atoms with van der Waals surface area (Å²) in [5.41, 5.74) is 1.23. The van der Waals surface area contributed by atoms with Crippen LogP contribution >= 0.6 is 0 Å². The van der Waals surface area contributed by atoms with E-state index in [4.69, 9.17) is 9.47 Å². The van der Waals surface area contributed by atoms with Crippen LogP contribution < -0.4 is 9.64 Å². The predicted molar refractivity (Wildman–Crippen MR) is 109 cm³/mol. The van der Waals surface area contributed by atoms with Gasteiger partial charge in [0.25, 0.3) is 5.91 Å². The number of esters is 1. The fourth-order valence-corrected chi connectivity index (χ4v) is 3.66. The van der Waals surface area contributed by atoms with Crippen molar-refractivity contribution in [2.75, 3.05) is 11.4 Å². The van der Waals surface area contributed by atoms with Gasteiger partial charge >= 0.3 is 12.5 Å². The van der Waals surface area contributed by atoms with Crippen molar-refractivity contribution in [1.29, 1.82) is 0 Å². The molecule has 2 atom stereocenters. The Balaban J connectivity index is 1.47. The molecule has 0 saturated heterocycles. The first-order valence-corrected chi connectivity index (χ1v) is 9.88. The zero-order valence-corrected chi connectivity index (χ0v) is 17.0. The summed E-state index contributed by atoms with van der Waals surface area (Å²) in [5.74, 6) is -0.364. The second-order valence-corrected chi connectivity index (χ2v) is 7.21. The number of hydrogen-bond donors (Lipinski definition) is 0. The Hall–Kier alpha value is -3.49. The van der Waals surface area contributed by atoms with E-state index in [1.807, 2.05) is 0 Å². The van der Waals surface area contributed by atoms with Crippen molar-refractivity contribution in [3.8, 4) is 5.75 Å². The molecule has 162 valence electrons. The SMILES string of the molecule is CC1Oc2ccccc2N(CCC(=O)OC(C)c2nc3ccccc3n2C(F)F)C1=O. The minimum atomic E-state index is -2.83. The number of ether oxygens (including phenoxy) is 2. The van der Waals surface area contributed by atoms with Crippen LogP contribution in [0.2, 0.25) is 0 Å². The number of alkyl halides is 2. The lowest BCUT2D eigenvalue weighted by atomic mass is 10.2. The monoisotopic (exact) mass is 429 g/mol. The Bertz CT molecular complexity index is 1130. The van der Waals surface area contributed by atoms with Crippen molar-refractivity contribution < 1.29 is 27.8 Å². The topological polar surface area (TPSA) is 73.7 Å². The molecule has 0 fully saturated rings. The van der Waals surface area contributed by atoms with Crippen LogP contribution in [0.1, 0.15) is 38.7 Å². The standard InChI is InChI=1S/C22H21F2N3O4/c1-13(20-25-15-7-3-4-8-16(15)27(20)22(23)24)31-19(28)11-12-26-17-9-5-6-10-18(17)30-14(2)21(26)29/h3-10,13-14,22H,11-12H2,1-2H3. The molecular weight excluding hydrogens is 408 g/mol. The van der Waals surface area contributed by atoms with Crippen LogP contribution in [0.15, 0.2) is 48.5 Å². The number of carbonyl (C=O) groups is 2. The minimum Gasteiger partial charge on any atom is -0.479 e. The van der Waals surface area contributed by atoms with E-state index in [-0.39, 0.29) is 30.2 Å². The molecule has 1 amide bonds. The molecule has 7 nitrogen and oxygen atoms in total. The summed E-state index contributed by atoms with van der Waals surface area (Å²) in [4.78, 5) is 30.7. The third kappa shape index (κ3) is 3.95. The predicted octanol–water partition coefficient (Wildman–Crippen LogP) is 4.24. The largest absolute Gasteiger partial charge is 0.479 e. The van der Waals surface area contributed by atoms with Gasteiger partial charge in [-0.05, 0) is 38.1 Å². The van der Waals surface area contributed by atoms with Crippen LogP contribution in [0.3, 0.4) is 0 Å². The van der Waals surface area contributed by atoms with Crippen LogP contribution in [0.4, 0.5) is 14.5 Å². The quantitative estimate of drug-likeness (QED) is 0.548. The molecule has 1 aliphatic heterocycles. The molecule has 2 heterocycles. The normalized spacial score (nSPS) is 16.9. The molecule has 1 aromatic heterocycles. The lowest BCUT2D eigenvalue weighted by molar-refractivity contribution is -0.149. The molecule has 2 aromatic carbocycles. The van der Waals surface area contributed by atoms with Crippen molar-refractivity contribution in [1.82, 2.24) is 9.55 Å². The first kappa shape index (κ1) is 20.8. The maximum Gasteiger partial charge on any atom is 0.320 e. The molecule has 0 N–H and O–H groups in total. The Kier molecular flexibility index (Phi) is 5.58. The summed E-state index contributed by atoms with van der Waals surface area (Å²) >= 11 is 0. The van der Waals surface area contributed by atoms with E-state index in [0.29, 0.717) is 17.0 Å². The number of hydrogen-bond acceptors (Lipinski definition) is 5. The van der Waals surface area contributed by atoms with Crippen molar-refractivity contribution in [2.24, 2.45) is 0 Å². The van der Waals surface area contributed by atoms with Gasteiger partial charge in [0, 0.05) is 6.54 Å². The Labute approximate surface area is 177 Å². The number of fused-ring (bicyclic) bond motifs is 2. The van der Waals surface area contributed by atoms with Gasteiger partial charge < -0.3 is 14.4 Å². The highest BCUT2D eigenvalue weighted by Gasteiger charge is 2.32. The molecule has 3 aromatic rings. The van der Waals surface area contributed by atoms with Crippen LogP contribution in [-0.2, 0) is 14.3 Å². The van der Waals surface area contributed by atoms with Crippen molar-refractivity contribution in [2.45, 2.75) is 39.0 Å². The number of para-hydroxylation sites is 4. The van der Waals surface area contributed by atoms with Gasteiger partial charge in [0.1, 0.15) is 5.75 Å². The molecule has 0 radical (unpaired) electrons. The molecule has 0 spiro atoms. The van der Waals surface area contributed by atoms with Gasteiger partial charge in [-0.1, -0.05) is 24.3 Å². The lowest BCUT2D eigenvalue weighted by Gasteiger charge is -2.32. The maximum absolute atomic E-state index is 13.6. The van der Waals surface area contributed by atoms with Crippen LogP contribution in [-0.4, -0.2) is 34.1 Å². The van der Waals surface area contributed by atoms with Crippen molar-refractivity contribution in [3.63, 3.8) is 0 Å². The van der Waals surface area contributed by atoms with Gasteiger partial charge in [0.05, 0.1) is 23.1 Å². The third-order valence-electron chi connectivity index (χ3n) is 5.10. The molecule has 31 heavy (non-hydrogen) atoms. The highest BCUT2D eigenvalue weighted by molar-refractivity contribution is 6.00. The van der Waals surface area contributed by atoms with Gasteiger partial charge in [-0.3, -0.25) is 14.2 Å². The first-order valence-electron chi connectivity index (χ1n) is 9.88. The van der Waals surface area contributed by atoms with Crippen molar-refractivity contribution in [3.05, 3.63) is 54.4 Å². The number of nitrogens with zero attached hydrogens (tertiary/aromatic N) is 3. The van der Waals surface area contributed by atoms with E-state index in [0.717, 1.165) is 4.57 Å². The van der Waals surface area contributed by atoms with Gasteiger partial charge in [0.2, 0.25) is 0 Å². The number of halogens is 2. The van der Waals surface area contributed by atoms with Crippen LogP contribution in [0.25, 0.3) is 11.0 Å². The fraction of sp³-hybridized carbons (Fsp3) is 0.318. The smallest absolute Gasteiger partial charge is 0.320 e. The number of benzene rings is 2. The van der Waals surface area contributed by atoms with Crippen molar-refractivity contribution >= 4 is 28.6 Å². The summed E-state index contributed by atoms with van der Waals surface area (Å²) in [6, 6.07) is 13.5. The van der Waals surface area contributed by atoms with Gasteiger partial charge in [-0.2, -0.15) is 8.78 Å². The Morgan fingerprint density at radius 1 is 1.19 bits per heavy atom. The van der Waals surface area contributed by atoms with E-state index in [1.165, 1.54) is 17.9 Å². The summed E-state index contributed by atoms with van der Waals surface area (Å²) in [6.07, 6.45) is -1.76. The molecule has 0 saturated carbocycles. The zero-order valence-electron chi connectivity index (χ0n) is 17.0. The Morgan fingerprint density at radius 3 is 2.68 bits per heavy atom. The average Bonchev–Trinajstić information content (AvgIpc) is 3.14. The third-order valence-corrected chi connectivity index (χ3v) is 5.10. The second-order valence-electron chi connectivity index (χ2n) is 7.21. The Morgan fingerprint density at radius 2 is 1.90 bits per heavy atom. The second kappa shape index (κ2) is 8.33. The summed E-state index contributed by atoms with van der Waals surface area (Å²) in [6.45, 7) is 0.392.